The van der Waals surface area contributed by atoms with Crippen LogP contribution in [-0.4, -0.2) is 42.9 Å². The topological polar surface area (TPSA) is 94.3 Å². The molecule has 2 aromatic carbocycles. The Labute approximate surface area is 210 Å². The molecule has 1 N–H and O–H groups in total. The van der Waals surface area contributed by atoms with E-state index in [4.69, 9.17) is 4.74 Å². The Bertz CT molecular complexity index is 1160. The highest BCUT2D eigenvalue weighted by Crippen LogP contribution is 2.32. The molecule has 0 aliphatic carbocycles. The fraction of sp³-hybridized carbons (Fsp3) is 0.407. The van der Waals surface area contributed by atoms with Crippen molar-refractivity contribution in [2.45, 2.75) is 75.7 Å². The minimum atomic E-state index is -0.955. The highest BCUT2D eigenvalue weighted by atomic mass is 32.2. The molecule has 35 heavy (non-hydrogen) atoms. The fourth-order valence-corrected chi connectivity index (χ4v) is 4.34. The average molecular weight is 496 g/mol. The van der Waals surface area contributed by atoms with Crippen molar-refractivity contribution in [3.63, 3.8) is 0 Å². The zero-order valence-corrected chi connectivity index (χ0v) is 21.9. The second-order valence-electron chi connectivity index (χ2n) is 10.2. The van der Waals surface area contributed by atoms with Gasteiger partial charge in [-0.15, -0.1) is 16.9 Å². The van der Waals surface area contributed by atoms with Gasteiger partial charge in [-0.05, 0) is 61.6 Å². The first-order valence-electron chi connectivity index (χ1n) is 11.6. The second-order valence-corrected chi connectivity index (χ2v) is 11.9. The van der Waals surface area contributed by atoms with Gasteiger partial charge in [0.2, 0.25) is 0 Å². The molecular weight excluding hydrogens is 462 g/mol. The van der Waals surface area contributed by atoms with Gasteiger partial charge >= 0.3 is 11.9 Å². The SMILES string of the molecule is C[C@H](Cc1cn(Cc2ccc(C(C)(C)C)cc2)nn1)OC(=O)c1ccc(SC(C)(C)C(=O)O)cc1. The van der Waals surface area contributed by atoms with E-state index in [1.807, 2.05) is 13.1 Å². The molecule has 0 amide bonds. The van der Waals surface area contributed by atoms with Crippen LogP contribution in [-0.2, 0) is 27.9 Å². The van der Waals surface area contributed by atoms with Crippen molar-refractivity contribution in [1.29, 1.82) is 0 Å². The second kappa shape index (κ2) is 10.6. The molecule has 7 nitrogen and oxygen atoms in total. The predicted octanol–water partition coefficient (Wildman–Crippen LogP) is 5.37. The Balaban J connectivity index is 1.53. The van der Waals surface area contributed by atoms with Crippen LogP contribution in [0.25, 0.3) is 0 Å². The molecule has 1 atom stereocenters. The molecular formula is C27H33N3O4S. The third-order valence-corrected chi connectivity index (χ3v) is 6.73. The predicted molar refractivity (Wildman–Crippen MR) is 137 cm³/mol. The highest BCUT2D eigenvalue weighted by molar-refractivity contribution is 8.01. The summed E-state index contributed by atoms with van der Waals surface area (Å²) in [6, 6.07) is 15.3. The number of thioether (sulfide) groups is 1. The van der Waals surface area contributed by atoms with E-state index < -0.39 is 16.7 Å². The van der Waals surface area contributed by atoms with E-state index in [0.29, 0.717) is 18.5 Å². The molecule has 186 valence electrons. The zero-order chi connectivity index (χ0) is 25.8. The van der Waals surface area contributed by atoms with E-state index in [2.05, 4.69) is 55.3 Å². The Hall–Kier alpha value is -3.13. The summed E-state index contributed by atoms with van der Waals surface area (Å²) in [4.78, 5) is 24.6. The number of hydrogen-bond donors (Lipinski definition) is 1. The number of carboxylic acid groups (broad SMARTS) is 1. The molecule has 0 aliphatic rings. The van der Waals surface area contributed by atoms with Crippen LogP contribution in [0.15, 0.2) is 59.6 Å². The van der Waals surface area contributed by atoms with Crippen molar-refractivity contribution in [3.8, 4) is 0 Å². The van der Waals surface area contributed by atoms with Gasteiger partial charge in [0.1, 0.15) is 10.9 Å². The number of nitrogens with zero attached hydrogens (tertiary/aromatic N) is 3. The number of benzene rings is 2. The lowest BCUT2D eigenvalue weighted by Crippen LogP contribution is -2.26. The molecule has 0 radical (unpaired) electrons. The van der Waals surface area contributed by atoms with Crippen molar-refractivity contribution >= 4 is 23.7 Å². The molecule has 0 saturated heterocycles. The first-order chi connectivity index (χ1) is 16.3. The van der Waals surface area contributed by atoms with E-state index in [-0.39, 0.29) is 11.5 Å². The highest BCUT2D eigenvalue weighted by Gasteiger charge is 2.28. The van der Waals surface area contributed by atoms with Crippen molar-refractivity contribution < 1.29 is 19.4 Å². The maximum atomic E-state index is 12.5. The van der Waals surface area contributed by atoms with Gasteiger partial charge < -0.3 is 9.84 Å². The lowest BCUT2D eigenvalue weighted by Gasteiger charge is -2.19. The van der Waals surface area contributed by atoms with Gasteiger partial charge in [0.05, 0.1) is 17.8 Å². The first kappa shape index (κ1) is 26.5. The Morgan fingerprint density at radius 2 is 1.66 bits per heavy atom. The van der Waals surface area contributed by atoms with Crippen molar-refractivity contribution in [1.82, 2.24) is 15.0 Å². The summed E-state index contributed by atoms with van der Waals surface area (Å²) in [5.74, 6) is -1.33. The molecule has 0 aliphatic heterocycles. The Kier molecular flexibility index (Phi) is 8.05. The van der Waals surface area contributed by atoms with E-state index in [0.717, 1.165) is 16.2 Å². The van der Waals surface area contributed by atoms with Crippen LogP contribution in [0.2, 0.25) is 0 Å². The minimum Gasteiger partial charge on any atom is -0.480 e. The number of carbonyl (C=O) groups excluding carboxylic acids is 1. The summed E-state index contributed by atoms with van der Waals surface area (Å²) in [5, 5.41) is 17.7. The number of carboxylic acids is 1. The number of ether oxygens (including phenoxy) is 1. The maximum Gasteiger partial charge on any atom is 0.338 e. The van der Waals surface area contributed by atoms with Crippen molar-refractivity contribution in [2.24, 2.45) is 0 Å². The summed E-state index contributed by atoms with van der Waals surface area (Å²) >= 11 is 1.23. The minimum absolute atomic E-state index is 0.116. The summed E-state index contributed by atoms with van der Waals surface area (Å²) in [6.07, 6.45) is 1.95. The Morgan fingerprint density at radius 1 is 1.03 bits per heavy atom. The normalized spacial score (nSPS) is 12.9. The third kappa shape index (κ3) is 7.42. The summed E-state index contributed by atoms with van der Waals surface area (Å²) in [7, 11) is 0. The van der Waals surface area contributed by atoms with Crippen LogP contribution < -0.4 is 0 Å². The smallest absolute Gasteiger partial charge is 0.338 e. The Morgan fingerprint density at radius 3 is 2.23 bits per heavy atom. The van der Waals surface area contributed by atoms with Gasteiger partial charge in [0, 0.05) is 17.5 Å². The molecule has 0 unspecified atom stereocenters. The first-order valence-corrected chi connectivity index (χ1v) is 12.4. The quantitative estimate of drug-likeness (QED) is 0.315. The number of esters is 1. The number of aliphatic carboxylic acids is 1. The van der Waals surface area contributed by atoms with Crippen LogP contribution in [0.1, 0.15) is 68.7 Å². The molecule has 3 rings (SSSR count). The fourth-order valence-electron chi connectivity index (χ4n) is 3.39. The van der Waals surface area contributed by atoms with E-state index in [1.54, 1.807) is 42.8 Å². The monoisotopic (exact) mass is 495 g/mol. The molecule has 0 fully saturated rings. The molecule has 0 spiro atoms. The molecule has 0 saturated carbocycles. The molecule has 1 aromatic heterocycles. The lowest BCUT2D eigenvalue weighted by molar-refractivity contribution is -0.138. The summed E-state index contributed by atoms with van der Waals surface area (Å²) in [6.45, 7) is 12.3. The van der Waals surface area contributed by atoms with Crippen LogP contribution in [0, 0.1) is 0 Å². The lowest BCUT2D eigenvalue weighted by atomic mass is 9.87. The third-order valence-electron chi connectivity index (χ3n) is 5.53. The molecule has 8 heteroatoms. The zero-order valence-electron chi connectivity index (χ0n) is 21.1. The van der Waals surface area contributed by atoms with Gasteiger partial charge in [-0.1, -0.05) is 50.3 Å². The van der Waals surface area contributed by atoms with Gasteiger partial charge in [0.15, 0.2) is 0 Å². The van der Waals surface area contributed by atoms with E-state index >= 15 is 0 Å². The standard InChI is InChI=1S/C27H33N3O4S/c1-18(34-24(31)20-9-13-23(14-10-20)35-27(5,6)25(32)33)15-22-17-30(29-28-22)16-19-7-11-21(12-8-19)26(2,3)4/h7-14,17-18H,15-16H2,1-6H3,(H,32,33)/t18-/m1/s1. The van der Waals surface area contributed by atoms with Gasteiger partial charge in [-0.2, -0.15) is 0 Å². The van der Waals surface area contributed by atoms with Gasteiger partial charge in [-0.3, -0.25) is 4.79 Å². The van der Waals surface area contributed by atoms with Crippen LogP contribution in [0.4, 0.5) is 0 Å². The van der Waals surface area contributed by atoms with E-state index in [9.17, 15) is 14.7 Å². The number of carbonyl (C=O) groups is 2. The number of aromatic nitrogens is 3. The summed E-state index contributed by atoms with van der Waals surface area (Å²) in [5.41, 5.74) is 3.71. The average Bonchev–Trinajstić information content (AvgIpc) is 3.20. The van der Waals surface area contributed by atoms with Gasteiger partial charge in [0.25, 0.3) is 0 Å². The van der Waals surface area contributed by atoms with Crippen molar-refractivity contribution in [3.05, 3.63) is 77.1 Å². The van der Waals surface area contributed by atoms with Crippen LogP contribution >= 0.6 is 11.8 Å². The number of rotatable bonds is 9. The maximum absolute atomic E-state index is 12.5. The van der Waals surface area contributed by atoms with Crippen LogP contribution in [0.3, 0.4) is 0 Å². The van der Waals surface area contributed by atoms with E-state index in [1.165, 1.54) is 17.3 Å². The molecule has 3 aromatic rings. The largest absolute Gasteiger partial charge is 0.480 e. The molecule has 1 heterocycles. The molecule has 0 bridgehead atoms. The summed E-state index contributed by atoms with van der Waals surface area (Å²) < 4.78 is 6.40. The number of hydrogen-bond acceptors (Lipinski definition) is 6. The van der Waals surface area contributed by atoms with Crippen LogP contribution in [0.5, 0.6) is 0 Å². The van der Waals surface area contributed by atoms with Gasteiger partial charge in [-0.25, -0.2) is 9.48 Å². The van der Waals surface area contributed by atoms with Crippen molar-refractivity contribution in [2.75, 3.05) is 0 Å².